The minimum atomic E-state index is -0.614. The highest BCUT2D eigenvalue weighted by Crippen LogP contribution is 2.34. The average molecular weight is 360 g/mol. The summed E-state index contributed by atoms with van der Waals surface area (Å²) in [4.78, 5) is 0. The molecule has 2 aromatic carbocycles. The van der Waals surface area contributed by atoms with Crippen LogP contribution < -0.4 is 0 Å². The van der Waals surface area contributed by atoms with Crippen molar-refractivity contribution in [3.8, 4) is 11.1 Å². The monoisotopic (exact) mass is 360 g/mol. The second-order valence-electron chi connectivity index (χ2n) is 7.66. The van der Waals surface area contributed by atoms with Crippen LogP contribution in [-0.4, -0.2) is 0 Å². The first-order chi connectivity index (χ1) is 12.6. The molecule has 1 aliphatic carbocycles. The van der Waals surface area contributed by atoms with Gasteiger partial charge in [-0.3, -0.25) is 0 Å². The highest BCUT2D eigenvalue weighted by Gasteiger charge is 2.21. The average Bonchev–Trinajstić information content (AvgIpc) is 2.61. The van der Waals surface area contributed by atoms with E-state index in [1.807, 2.05) is 0 Å². The largest absolute Gasteiger partial charge is 0.207 e. The fourth-order valence-electron chi connectivity index (χ4n) is 4.28. The van der Waals surface area contributed by atoms with Gasteiger partial charge in [-0.1, -0.05) is 57.6 Å². The van der Waals surface area contributed by atoms with Gasteiger partial charge in [-0.2, -0.15) is 0 Å². The van der Waals surface area contributed by atoms with Gasteiger partial charge in [0, 0.05) is 0 Å². The predicted molar refractivity (Wildman–Crippen MR) is 100 cm³/mol. The zero-order chi connectivity index (χ0) is 18.5. The number of aryl methyl sites for hydroxylation is 1. The summed E-state index contributed by atoms with van der Waals surface area (Å²) < 4.78 is 42.3. The maximum Gasteiger partial charge on any atom is 0.134 e. The lowest BCUT2D eigenvalue weighted by molar-refractivity contribution is 0.252. The zero-order valence-corrected chi connectivity index (χ0v) is 15.4. The minimum absolute atomic E-state index is 0.145. The first-order valence-corrected chi connectivity index (χ1v) is 9.80. The molecule has 26 heavy (non-hydrogen) atoms. The van der Waals surface area contributed by atoms with Crippen LogP contribution in [0.2, 0.25) is 0 Å². The Morgan fingerprint density at radius 2 is 1.46 bits per heavy atom. The Labute approximate surface area is 154 Å². The van der Waals surface area contributed by atoms with Gasteiger partial charge in [0.25, 0.3) is 0 Å². The molecule has 0 radical (unpaired) electrons. The van der Waals surface area contributed by atoms with Crippen molar-refractivity contribution in [1.82, 2.24) is 0 Å². The van der Waals surface area contributed by atoms with Gasteiger partial charge in [0.15, 0.2) is 0 Å². The lowest BCUT2D eigenvalue weighted by Gasteiger charge is -2.28. The van der Waals surface area contributed by atoms with Crippen LogP contribution in [0.1, 0.15) is 57.4 Å². The summed E-state index contributed by atoms with van der Waals surface area (Å²) in [6.45, 7) is 2.24. The maximum atomic E-state index is 14.5. The molecule has 0 amide bonds. The first kappa shape index (κ1) is 19.0. The summed E-state index contributed by atoms with van der Waals surface area (Å²) in [5, 5.41) is 0. The molecule has 0 unspecified atom stereocenters. The van der Waals surface area contributed by atoms with Crippen LogP contribution in [0.5, 0.6) is 0 Å². The van der Waals surface area contributed by atoms with Gasteiger partial charge in [0.05, 0.1) is 5.56 Å². The molecule has 3 heteroatoms. The molecule has 0 saturated heterocycles. The van der Waals surface area contributed by atoms with E-state index in [1.165, 1.54) is 68.9 Å². The van der Waals surface area contributed by atoms with Crippen LogP contribution in [-0.2, 0) is 6.42 Å². The molecular formula is C23H27F3. The van der Waals surface area contributed by atoms with Crippen molar-refractivity contribution in [2.45, 2.75) is 58.3 Å². The molecule has 0 spiro atoms. The number of rotatable bonds is 6. The van der Waals surface area contributed by atoms with Gasteiger partial charge in [-0.15, -0.1) is 0 Å². The third kappa shape index (κ3) is 4.69. The van der Waals surface area contributed by atoms with Crippen molar-refractivity contribution < 1.29 is 13.2 Å². The van der Waals surface area contributed by atoms with Crippen LogP contribution in [0.4, 0.5) is 13.2 Å². The van der Waals surface area contributed by atoms with Crippen molar-refractivity contribution in [2.24, 2.45) is 11.8 Å². The zero-order valence-electron chi connectivity index (χ0n) is 15.4. The summed E-state index contributed by atoms with van der Waals surface area (Å²) in [5.41, 5.74) is 0.782. The van der Waals surface area contributed by atoms with Crippen molar-refractivity contribution in [3.05, 3.63) is 59.4 Å². The molecule has 0 bridgehead atoms. The molecule has 0 heterocycles. The highest BCUT2D eigenvalue weighted by molar-refractivity contribution is 5.65. The van der Waals surface area contributed by atoms with Crippen molar-refractivity contribution in [2.75, 3.05) is 0 Å². The Balaban J connectivity index is 1.63. The molecule has 0 atom stereocenters. The summed E-state index contributed by atoms with van der Waals surface area (Å²) in [6.07, 6.45) is 9.31. The quantitative estimate of drug-likeness (QED) is 0.506. The van der Waals surface area contributed by atoms with E-state index in [-0.39, 0.29) is 11.1 Å². The number of hydrogen-bond donors (Lipinski definition) is 0. The second-order valence-corrected chi connectivity index (χ2v) is 7.66. The Kier molecular flexibility index (Phi) is 6.39. The second kappa shape index (κ2) is 8.75. The molecular weight excluding hydrogens is 333 g/mol. The highest BCUT2D eigenvalue weighted by atomic mass is 19.1. The van der Waals surface area contributed by atoms with Crippen LogP contribution in [0.15, 0.2) is 36.4 Å². The fourth-order valence-corrected chi connectivity index (χ4v) is 4.28. The number of hydrogen-bond acceptors (Lipinski definition) is 0. The molecule has 0 aromatic heterocycles. The van der Waals surface area contributed by atoms with E-state index >= 15 is 0 Å². The lowest BCUT2D eigenvalue weighted by Crippen LogP contribution is -2.15. The van der Waals surface area contributed by atoms with E-state index in [0.717, 1.165) is 18.4 Å². The Morgan fingerprint density at radius 3 is 2.04 bits per heavy atom. The third-order valence-corrected chi connectivity index (χ3v) is 5.72. The number of benzene rings is 2. The van der Waals surface area contributed by atoms with E-state index < -0.39 is 17.5 Å². The summed E-state index contributed by atoms with van der Waals surface area (Å²) in [5.74, 6) is -0.188. The Hall–Kier alpha value is -1.77. The van der Waals surface area contributed by atoms with Crippen LogP contribution >= 0.6 is 0 Å². The predicted octanol–water partition coefficient (Wildman–Crippen LogP) is 7.31. The van der Waals surface area contributed by atoms with Gasteiger partial charge in [-0.25, -0.2) is 13.2 Å². The topological polar surface area (TPSA) is 0 Å². The first-order valence-electron chi connectivity index (χ1n) is 9.80. The summed E-state index contributed by atoms with van der Waals surface area (Å²) in [6, 6.07) is 8.24. The van der Waals surface area contributed by atoms with Gasteiger partial charge in [0.1, 0.15) is 17.5 Å². The molecule has 0 nitrogen and oxygen atoms in total. The number of halogens is 3. The van der Waals surface area contributed by atoms with Crippen LogP contribution in [0, 0.1) is 29.3 Å². The summed E-state index contributed by atoms with van der Waals surface area (Å²) >= 11 is 0. The van der Waals surface area contributed by atoms with E-state index in [1.54, 1.807) is 0 Å². The van der Waals surface area contributed by atoms with Crippen molar-refractivity contribution >= 4 is 0 Å². The molecule has 1 aliphatic rings. The summed E-state index contributed by atoms with van der Waals surface area (Å²) in [7, 11) is 0. The lowest BCUT2D eigenvalue weighted by atomic mass is 9.78. The fraction of sp³-hybridized carbons (Fsp3) is 0.478. The molecule has 0 N–H and O–H groups in total. The molecule has 1 fully saturated rings. The van der Waals surface area contributed by atoms with Crippen molar-refractivity contribution in [3.63, 3.8) is 0 Å². The molecule has 2 aromatic rings. The molecule has 3 rings (SSSR count). The van der Waals surface area contributed by atoms with Gasteiger partial charge >= 0.3 is 0 Å². The standard InChI is InChI=1S/C23H27F3/c1-2-4-16-7-9-17(10-8-16)11-12-18-13-21(25)23(22(26)14-18)19-5-3-6-20(24)15-19/h3,5-6,13-17H,2,4,7-12H2,1H3. The smallest absolute Gasteiger partial charge is 0.134 e. The Morgan fingerprint density at radius 1 is 0.846 bits per heavy atom. The van der Waals surface area contributed by atoms with Gasteiger partial charge < -0.3 is 0 Å². The van der Waals surface area contributed by atoms with E-state index in [2.05, 4.69) is 6.92 Å². The minimum Gasteiger partial charge on any atom is -0.207 e. The van der Waals surface area contributed by atoms with E-state index in [4.69, 9.17) is 0 Å². The van der Waals surface area contributed by atoms with Crippen LogP contribution in [0.3, 0.4) is 0 Å². The van der Waals surface area contributed by atoms with E-state index in [0.29, 0.717) is 17.9 Å². The normalized spacial score (nSPS) is 20.3. The van der Waals surface area contributed by atoms with Crippen LogP contribution in [0.25, 0.3) is 11.1 Å². The van der Waals surface area contributed by atoms with Crippen molar-refractivity contribution in [1.29, 1.82) is 0 Å². The Bertz CT molecular complexity index is 707. The molecule has 0 aliphatic heterocycles. The molecule has 1 saturated carbocycles. The molecule has 140 valence electrons. The van der Waals surface area contributed by atoms with E-state index in [9.17, 15) is 13.2 Å². The van der Waals surface area contributed by atoms with Gasteiger partial charge in [-0.05, 0) is 60.1 Å². The maximum absolute atomic E-state index is 14.5. The van der Waals surface area contributed by atoms with Gasteiger partial charge in [0.2, 0.25) is 0 Å². The SMILES string of the molecule is CCCC1CCC(CCc2cc(F)c(-c3cccc(F)c3)c(F)c2)CC1. The third-order valence-electron chi connectivity index (χ3n) is 5.72.